The van der Waals surface area contributed by atoms with Crippen molar-refractivity contribution in [2.75, 3.05) is 0 Å². The summed E-state index contributed by atoms with van der Waals surface area (Å²) >= 11 is -2.19. The van der Waals surface area contributed by atoms with Gasteiger partial charge in [0.05, 0.1) is 0 Å². The number of hydrogen-bond acceptors (Lipinski definition) is 1. The van der Waals surface area contributed by atoms with Crippen LogP contribution in [0.3, 0.4) is 0 Å². The fourth-order valence-corrected chi connectivity index (χ4v) is 32.0. The van der Waals surface area contributed by atoms with E-state index in [9.17, 15) is 0 Å². The normalized spacial score (nSPS) is 14.9. The summed E-state index contributed by atoms with van der Waals surface area (Å²) in [4.78, 5) is 2.83. The first-order valence-corrected chi connectivity index (χ1v) is 25.9. The van der Waals surface area contributed by atoms with Gasteiger partial charge in [-0.15, -0.1) is 0 Å². The van der Waals surface area contributed by atoms with Crippen LogP contribution in [0.1, 0.15) is 26.4 Å². The van der Waals surface area contributed by atoms with E-state index in [-0.39, 0.29) is 0 Å². The molecule has 1 aromatic heterocycles. The van der Waals surface area contributed by atoms with Crippen molar-refractivity contribution in [3.8, 4) is 11.1 Å². The summed E-state index contributed by atoms with van der Waals surface area (Å²) in [5.74, 6) is 0. The Hall–Kier alpha value is -2.42. The summed E-state index contributed by atoms with van der Waals surface area (Å²) in [6.45, 7) is 2.24. The third kappa shape index (κ3) is 3.22. The summed E-state index contributed by atoms with van der Waals surface area (Å²) in [7, 11) is 0. The van der Waals surface area contributed by atoms with Crippen molar-refractivity contribution >= 4 is 17.9 Å². The molecule has 6 rings (SSSR count). The van der Waals surface area contributed by atoms with E-state index in [0.717, 1.165) is 6.42 Å². The van der Waals surface area contributed by atoms with E-state index in [2.05, 4.69) is 126 Å². The third-order valence-corrected chi connectivity index (χ3v) is 33.7. The Kier molecular flexibility index (Phi) is 5.24. The van der Waals surface area contributed by atoms with Crippen LogP contribution in [0.4, 0.5) is 0 Å². The van der Waals surface area contributed by atoms with Crippen LogP contribution in [-0.2, 0) is 24.4 Å². The first-order chi connectivity index (χ1) is 16.5. The first-order valence-electron chi connectivity index (χ1n) is 12.2. The number of aryl methyl sites for hydroxylation is 1. The van der Waals surface area contributed by atoms with Crippen LogP contribution in [0, 0.1) is 6.92 Å². The molecule has 4 aromatic rings. The summed E-state index contributed by atoms with van der Waals surface area (Å²) in [6.07, 6.45) is 10.6. The Morgan fingerprint density at radius 2 is 1.47 bits per heavy atom. The predicted molar refractivity (Wildman–Crippen MR) is 147 cm³/mol. The van der Waals surface area contributed by atoms with E-state index in [4.69, 9.17) is 0 Å². The zero-order valence-corrected chi connectivity index (χ0v) is 24.5. The molecule has 2 aliphatic rings. The molecule has 1 heterocycles. The molecule has 0 radical (unpaired) electrons. The van der Waals surface area contributed by atoms with Crippen molar-refractivity contribution in [3.05, 3.63) is 136 Å². The fraction of sp³-hybridized carbons (Fsp3) is 0.156. The van der Waals surface area contributed by atoms with Crippen molar-refractivity contribution in [1.82, 2.24) is 0 Å². The number of rotatable bonds is 4. The molecule has 2 heteroatoms. The van der Waals surface area contributed by atoms with Gasteiger partial charge in [0.1, 0.15) is 0 Å². The maximum atomic E-state index is 2.71. The second-order valence-corrected chi connectivity index (χ2v) is 35.9. The topological polar surface area (TPSA) is 0 Å². The van der Waals surface area contributed by atoms with E-state index in [0.29, 0.717) is 3.67 Å². The van der Waals surface area contributed by atoms with E-state index in [1.807, 2.05) is 11.3 Å². The van der Waals surface area contributed by atoms with E-state index < -0.39 is 18.0 Å². The molecule has 34 heavy (non-hydrogen) atoms. The molecule has 0 atom stereocenters. The maximum absolute atomic E-state index is 4.15. The number of thiophene rings is 1. The second-order valence-electron chi connectivity index (χ2n) is 10.6. The van der Waals surface area contributed by atoms with Gasteiger partial charge in [0.2, 0.25) is 0 Å². The van der Waals surface area contributed by atoms with Crippen molar-refractivity contribution in [2.45, 2.75) is 26.4 Å². The van der Waals surface area contributed by atoms with Gasteiger partial charge in [0.15, 0.2) is 0 Å². The molecule has 0 bridgehead atoms. The Morgan fingerprint density at radius 1 is 0.765 bits per heavy atom. The molecule has 0 aliphatic heterocycles. The van der Waals surface area contributed by atoms with Gasteiger partial charge in [0.25, 0.3) is 0 Å². The van der Waals surface area contributed by atoms with Gasteiger partial charge in [-0.2, -0.15) is 0 Å². The van der Waals surface area contributed by atoms with Gasteiger partial charge in [-0.05, 0) is 0 Å². The Bertz CT molecular complexity index is 1530. The molecule has 0 unspecified atom stereocenters. The quantitative estimate of drug-likeness (QED) is 0.177. The van der Waals surface area contributed by atoms with Crippen molar-refractivity contribution in [3.63, 3.8) is 0 Å². The molecule has 0 spiro atoms. The number of fused-ring (bicyclic) bond motifs is 3. The molecule has 0 fully saturated rings. The molecule has 0 amide bonds. The minimum atomic E-state index is -4.15. The van der Waals surface area contributed by atoms with Gasteiger partial charge in [-0.3, -0.25) is 0 Å². The van der Waals surface area contributed by atoms with Gasteiger partial charge in [-0.25, -0.2) is 0 Å². The zero-order chi connectivity index (χ0) is 23.4. The fourth-order valence-electron chi connectivity index (χ4n) is 6.51. The van der Waals surface area contributed by atoms with Gasteiger partial charge in [-0.1, -0.05) is 0 Å². The molecule has 0 saturated carbocycles. The average molecular weight is 625 g/mol. The summed E-state index contributed by atoms with van der Waals surface area (Å²) < 4.78 is 9.15. The first kappa shape index (κ1) is 22.1. The Balaban J connectivity index is 1.79. The van der Waals surface area contributed by atoms with Gasteiger partial charge < -0.3 is 0 Å². The van der Waals surface area contributed by atoms with Crippen LogP contribution in [0.25, 0.3) is 11.1 Å². The van der Waals surface area contributed by atoms with Crippen LogP contribution in [0.2, 0.25) is 13.0 Å². The standard InChI is InChI=1S/C13H9.C12H10S.C5H5.2CH3.Hf/c1-3-7-12-10(5-1)9-11-6-2-4-8-13(11)12;1-10-7-8-12(13-10)9-11-5-3-2-4-6-11;1-2-4-5-3-1;;;/h1-5,7-8H,9H2;2-8H,1H3;1-5H;2*1H3;. The Labute approximate surface area is 207 Å². The second kappa shape index (κ2) is 8.07. The van der Waals surface area contributed by atoms with E-state index >= 15 is 0 Å². The van der Waals surface area contributed by atoms with E-state index in [1.165, 1.54) is 32.0 Å². The molecule has 0 nitrogen and oxygen atoms in total. The molecule has 2 aliphatic carbocycles. The number of benzene rings is 3. The van der Waals surface area contributed by atoms with Crippen LogP contribution in [-0.4, -0.2) is 3.26 Å². The van der Waals surface area contributed by atoms with Crippen LogP contribution in [0.5, 0.6) is 0 Å². The molecule has 168 valence electrons. The molecular formula is C32H30HfS. The van der Waals surface area contributed by atoms with Crippen molar-refractivity contribution in [2.24, 2.45) is 0 Å². The minimum absolute atomic E-state index is 0.463. The molecule has 0 saturated heterocycles. The van der Waals surface area contributed by atoms with Crippen LogP contribution >= 0.6 is 11.3 Å². The van der Waals surface area contributed by atoms with Crippen molar-refractivity contribution in [1.29, 1.82) is 0 Å². The van der Waals surface area contributed by atoms with E-state index in [1.54, 1.807) is 12.1 Å². The predicted octanol–water partition coefficient (Wildman–Crippen LogP) is 8.22. The number of allylic oxidation sites excluding steroid dienone is 4. The SMILES string of the molecule is Cc1ccc([C](c2ccccc2)=[Hf]([CH3])([CH3])([c]2cccc3c2Cc2ccccc2-3)[CH]2C=CC=C2)s1. The summed E-state index contributed by atoms with van der Waals surface area (Å²) in [6, 6.07) is 32.1. The molecule has 0 N–H and O–H groups in total. The van der Waals surface area contributed by atoms with Crippen LogP contribution < -0.4 is 3.32 Å². The third-order valence-electron chi connectivity index (χ3n) is 8.25. The van der Waals surface area contributed by atoms with Gasteiger partial charge >= 0.3 is 209 Å². The monoisotopic (exact) mass is 626 g/mol. The van der Waals surface area contributed by atoms with Crippen molar-refractivity contribution < 1.29 is 18.0 Å². The van der Waals surface area contributed by atoms with Crippen LogP contribution in [0.15, 0.2) is 109 Å². The number of hydrogen-bond donors (Lipinski definition) is 0. The Morgan fingerprint density at radius 3 is 2.21 bits per heavy atom. The zero-order valence-electron chi connectivity index (χ0n) is 20.1. The average Bonchev–Trinajstić information content (AvgIpc) is 3.60. The molecule has 3 aromatic carbocycles. The molecular weight excluding hydrogens is 595 g/mol. The van der Waals surface area contributed by atoms with Gasteiger partial charge in [0, 0.05) is 0 Å². The summed E-state index contributed by atoms with van der Waals surface area (Å²) in [5, 5.41) is 0. The summed E-state index contributed by atoms with van der Waals surface area (Å²) in [5.41, 5.74) is 7.30.